The molecular weight excluding hydrogens is 396 g/mol. The second-order valence-electron chi connectivity index (χ2n) is 6.14. The zero-order valence-electron chi connectivity index (χ0n) is 15.1. The van der Waals surface area contributed by atoms with Crippen LogP contribution in [0.5, 0.6) is 5.75 Å². The van der Waals surface area contributed by atoms with Gasteiger partial charge in [-0.15, -0.1) is 0 Å². The van der Waals surface area contributed by atoms with Gasteiger partial charge in [0.1, 0.15) is 11.3 Å². The number of carbonyl (C=O) groups excluding carboxylic acids is 1. The van der Waals surface area contributed by atoms with Gasteiger partial charge in [0.2, 0.25) is 0 Å². The number of halogens is 2. The molecule has 4 aromatic rings. The first kappa shape index (κ1) is 18.9. The number of rotatable bonds is 6. The second kappa shape index (κ2) is 8.32. The van der Waals surface area contributed by atoms with Gasteiger partial charge in [0.05, 0.1) is 11.2 Å². The number of ether oxygens (including phenoxy) is 1. The fraction of sp³-hybridized carbons (Fsp3) is 0.0952. The summed E-state index contributed by atoms with van der Waals surface area (Å²) >= 11 is 1.20. The van der Waals surface area contributed by atoms with Crippen molar-refractivity contribution in [1.82, 2.24) is 9.97 Å². The molecule has 0 saturated carbocycles. The van der Waals surface area contributed by atoms with E-state index in [0.717, 1.165) is 5.56 Å². The van der Waals surface area contributed by atoms with E-state index >= 15 is 0 Å². The van der Waals surface area contributed by atoms with Crippen LogP contribution in [0.15, 0.2) is 67.0 Å². The molecule has 0 fully saturated rings. The van der Waals surface area contributed by atoms with E-state index in [9.17, 15) is 13.6 Å². The number of aromatic nitrogens is 2. The first-order chi connectivity index (χ1) is 14.1. The molecule has 2 heterocycles. The van der Waals surface area contributed by atoms with Gasteiger partial charge in [-0.2, -0.15) is 0 Å². The molecule has 29 heavy (non-hydrogen) atoms. The smallest absolute Gasteiger partial charge is 0.267 e. The van der Waals surface area contributed by atoms with Crippen molar-refractivity contribution in [3.8, 4) is 5.75 Å². The number of para-hydroxylation sites is 2. The highest BCUT2D eigenvalue weighted by Gasteiger charge is 2.22. The molecule has 0 spiro atoms. The van der Waals surface area contributed by atoms with Crippen molar-refractivity contribution in [2.24, 2.45) is 0 Å². The predicted molar refractivity (Wildman–Crippen MR) is 107 cm³/mol. The van der Waals surface area contributed by atoms with E-state index in [2.05, 4.69) is 9.97 Å². The van der Waals surface area contributed by atoms with Crippen LogP contribution >= 0.6 is 11.3 Å². The van der Waals surface area contributed by atoms with Crippen molar-refractivity contribution in [2.75, 3.05) is 11.5 Å². The Morgan fingerprint density at radius 2 is 1.86 bits per heavy atom. The van der Waals surface area contributed by atoms with Crippen LogP contribution in [-0.4, -0.2) is 22.5 Å². The van der Waals surface area contributed by atoms with Gasteiger partial charge in [-0.3, -0.25) is 14.7 Å². The number of hydrogen-bond donors (Lipinski definition) is 0. The zero-order valence-corrected chi connectivity index (χ0v) is 15.9. The third kappa shape index (κ3) is 4.22. The lowest BCUT2D eigenvalue weighted by Crippen LogP contribution is -2.34. The highest BCUT2D eigenvalue weighted by Crippen LogP contribution is 2.31. The second-order valence-corrected chi connectivity index (χ2v) is 7.15. The molecule has 0 radical (unpaired) electrons. The normalized spacial score (nSPS) is 10.8. The summed E-state index contributed by atoms with van der Waals surface area (Å²) in [4.78, 5) is 22.7. The molecule has 0 aliphatic rings. The van der Waals surface area contributed by atoms with Gasteiger partial charge in [0.25, 0.3) is 5.91 Å². The molecule has 8 heteroatoms. The number of thiazole rings is 1. The maximum atomic E-state index is 14.1. The van der Waals surface area contributed by atoms with Crippen molar-refractivity contribution in [2.45, 2.75) is 6.54 Å². The number of hydrogen-bond acceptors (Lipinski definition) is 5. The monoisotopic (exact) mass is 411 g/mol. The fourth-order valence-electron chi connectivity index (χ4n) is 2.73. The Kier molecular flexibility index (Phi) is 5.44. The van der Waals surface area contributed by atoms with Crippen molar-refractivity contribution in [3.05, 3.63) is 84.2 Å². The molecule has 2 aromatic heterocycles. The number of amides is 1. The minimum atomic E-state index is -0.554. The van der Waals surface area contributed by atoms with E-state index < -0.39 is 17.5 Å². The number of benzene rings is 2. The van der Waals surface area contributed by atoms with Gasteiger partial charge < -0.3 is 4.74 Å². The van der Waals surface area contributed by atoms with E-state index in [-0.39, 0.29) is 24.4 Å². The minimum absolute atomic E-state index is 0.0162. The lowest BCUT2D eigenvalue weighted by atomic mass is 10.2. The van der Waals surface area contributed by atoms with Crippen molar-refractivity contribution in [1.29, 1.82) is 0 Å². The van der Waals surface area contributed by atoms with Gasteiger partial charge in [-0.05, 0) is 35.9 Å². The van der Waals surface area contributed by atoms with Crippen molar-refractivity contribution < 1.29 is 18.3 Å². The van der Waals surface area contributed by atoms with Gasteiger partial charge >= 0.3 is 0 Å². The maximum absolute atomic E-state index is 14.1. The average molecular weight is 411 g/mol. The molecule has 146 valence electrons. The molecule has 2 aromatic carbocycles. The standard InChI is InChI=1S/C21H15F2N3O2S/c22-15-6-1-2-8-17(15)28-13-19(27)26(12-14-5-4-10-24-11-14)21-25-20-16(23)7-3-9-18(20)29-21/h1-11H,12-13H2. The van der Waals surface area contributed by atoms with E-state index in [1.165, 1.54) is 40.5 Å². The van der Waals surface area contributed by atoms with E-state index in [1.54, 1.807) is 36.7 Å². The molecular formula is C21H15F2N3O2S. The van der Waals surface area contributed by atoms with Gasteiger partial charge in [-0.25, -0.2) is 13.8 Å². The van der Waals surface area contributed by atoms with E-state index in [4.69, 9.17) is 4.74 Å². The van der Waals surface area contributed by atoms with Crippen molar-refractivity contribution in [3.63, 3.8) is 0 Å². The van der Waals surface area contributed by atoms with Crippen LogP contribution in [-0.2, 0) is 11.3 Å². The Morgan fingerprint density at radius 3 is 2.62 bits per heavy atom. The lowest BCUT2D eigenvalue weighted by molar-refractivity contribution is -0.120. The molecule has 0 atom stereocenters. The number of carbonyl (C=O) groups is 1. The molecule has 0 bridgehead atoms. The summed E-state index contributed by atoms with van der Waals surface area (Å²) in [5.74, 6) is -1.46. The molecule has 4 rings (SSSR count). The Balaban J connectivity index is 1.63. The summed E-state index contributed by atoms with van der Waals surface area (Å²) in [6.07, 6.45) is 3.26. The minimum Gasteiger partial charge on any atom is -0.481 e. The summed E-state index contributed by atoms with van der Waals surface area (Å²) in [5.41, 5.74) is 0.970. The topological polar surface area (TPSA) is 55.3 Å². The molecule has 0 aliphatic heterocycles. The fourth-order valence-corrected chi connectivity index (χ4v) is 3.73. The van der Waals surface area contributed by atoms with Gasteiger partial charge in [0, 0.05) is 12.4 Å². The van der Waals surface area contributed by atoms with Crippen LogP contribution in [0.4, 0.5) is 13.9 Å². The summed E-state index contributed by atoms with van der Waals surface area (Å²) in [7, 11) is 0. The first-order valence-corrected chi connectivity index (χ1v) is 9.55. The summed E-state index contributed by atoms with van der Waals surface area (Å²) in [6, 6.07) is 14.1. The Labute approximate surface area is 169 Å². The summed E-state index contributed by atoms with van der Waals surface area (Å²) in [6.45, 7) is -0.214. The van der Waals surface area contributed by atoms with Gasteiger partial charge in [0.15, 0.2) is 23.3 Å². The third-order valence-corrected chi connectivity index (χ3v) is 5.19. The summed E-state index contributed by atoms with van der Waals surface area (Å²) in [5, 5.41) is 0.330. The highest BCUT2D eigenvalue weighted by molar-refractivity contribution is 7.22. The van der Waals surface area contributed by atoms with Crippen LogP contribution in [0.25, 0.3) is 10.2 Å². The van der Waals surface area contributed by atoms with E-state index in [0.29, 0.717) is 9.83 Å². The molecule has 5 nitrogen and oxygen atoms in total. The lowest BCUT2D eigenvalue weighted by Gasteiger charge is -2.20. The van der Waals surface area contributed by atoms with Crippen LogP contribution < -0.4 is 9.64 Å². The van der Waals surface area contributed by atoms with Crippen molar-refractivity contribution >= 4 is 32.6 Å². The van der Waals surface area contributed by atoms with Crippen LogP contribution in [0.3, 0.4) is 0 Å². The number of pyridine rings is 1. The zero-order chi connectivity index (χ0) is 20.2. The predicted octanol–water partition coefficient (Wildman–Crippen LogP) is 4.58. The molecule has 0 aliphatic carbocycles. The number of fused-ring (bicyclic) bond motifs is 1. The quantitative estimate of drug-likeness (QED) is 0.466. The van der Waals surface area contributed by atoms with Crippen LogP contribution in [0.1, 0.15) is 5.56 Å². The molecule has 0 N–H and O–H groups in total. The Bertz CT molecular complexity index is 1150. The largest absolute Gasteiger partial charge is 0.481 e. The van der Waals surface area contributed by atoms with Crippen LogP contribution in [0.2, 0.25) is 0 Å². The molecule has 0 saturated heterocycles. The van der Waals surface area contributed by atoms with E-state index in [1.807, 2.05) is 6.07 Å². The number of nitrogens with zero attached hydrogens (tertiary/aromatic N) is 3. The number of anilines is 1. The molecule has 0 unspecified atom stereocenters. The van der Waals surface area contributed by atoms with Gasteiger partial charge in [-0.1, -0.05) is 35.6 Å². The van der Waals surface area contributed by atoms with Crippen LogP contribution in [0, 0.1) is 11.6 Å². The molecule has 1 amide bonds. The highest BCUT2D eigenvalue weighted by atomic mass is 32.1. The summed E-state index contributed by atoms with van der Waals surface area (Å²) < 4.78 is 33.8. The Hall–Kier alpha value is -3.39. The first-order valence-electron chi connectivity index (χ1n) is 8.73. The SMILES string of the molecule is O=C(COc1ccccc1F)N(Cc1cccnc1)c1nc2c(F)cccc2s1. The third-order valence-electron chi connectivity index (χ3n) is 4.14. The maximum Gasteiger partial charge on any atom is 0.267 e. The average Bonchev–Trinajstić information content (AvgIpc) is 3.17. The Morgan fingerprint density at radius 1 is 1.03 bits per heavy atom.